The van der Waals surface area contributed by atoms with Crippen molar-refractivity contribution in [2.45, 2.75) is 43.9 Å². The van der Waals surface area contributed by atoms with Gasteiger partial charge in [-0.1, -0.05) is 67.3 Å². The summed E-state index contributed by atoms with van der Waals surface area (Å²) in [7, 11) is 0. The summed E-state index contributed by atoms with van der Waals surface area (Å²) in [5.74, 6) is 6.54. The van der Waals surface area contributed by atoms with E-state index in [1.54, 1.807) is 0 Å². The maximum absolute atomic E-state index is 8.40. The summed E-state index contributed by atoms with van der Waals surface area (Å²) in [6.07, 6.45) is 3.88. The molecule has 3 heterocycles. The van der Waals surface area contributed by atoms with Crippen LogP contribution >= 0.6 is 11.3 Å². The molecule has 0 atom stereocenters. The van der Waals surface area contributed by atoms with E-state index in [1.807, 2.05) is 67.8 Å². The van der Waals surface area contributed by atoms with Crippen molar-refractivity contribution in [2.24, 2.45) is 0 Å². The van der Waals surface area contributed by atoms with Gasteiger partial charge in [0.25, 0.3) is 0 Å². The third-order valence-electron chi connectivity index (χ3n) is 8.78. The van der Waals surface area contributed by atoms with Crippen molar-refractivity contribution in [1.29, 1.82) is 0 Å². The maximum Gasteiger partial charge on any atom is 0.0346 e. The molecule has 8 aromatic rings. The predicted molar refractivity (Wildman–Crippen MR) is 207 cm³/mol. The van der Waals surface area contributed by atoms with Crippen LogP contribution in [0, 0.1) is 19.1 Å². The molecular weight excluding hydrogens is 841 g/mol. The molecule has 241 valence electrons. The normalized spacial score (nSPS) is 12.1. The molecule has 5 heteroatoms. The second-order valence-electron chi connectivity index (χ2n) is 13.4. The van der Waals surface area contributed by atoms with Crippen LogP contribution in [0.2, 0.25) is 17.3 Å². The van der Waals surface area contributed by atoms with Crippen molar-refractivity contribution in [2.75, 3.05) is 0 Å². The van der Waals surface area contributed by atoms with Crippen LogP contribution in [-0.2, 0) is 20.1 Å². The second kappa shape index (κ2) is 14.1. The Morgan fingerprint density at radius 2 is 1.46 bits per heavy atom. The molecule has 0 bridgehead atoms. The fraction of sp³-hybridized carbons (Fsp3) is 0.163. The number of hydrogen-bond donors (Lipinski definition) is 0. The molecule has 0 N–H and O–H groups in total. The summed E-state index contributed by atoms with van der Waals surface area (Å²) in [6, 6.07) is 42.6. The predicted octanol–water partition coefficient (Wildman–Crippen LogP) is 11.7. The zero-order valence-corrected chi connectivity index (χ0v) is 33.4. The largest absolute Gasteiger partial charge is 0.305 e. The van der Waals surface area contributed by atoms with E-state index in [2.05, 4.69) is 119 Å². The molecule has 2 nitrogen and oxygen atoms in total. The number of nitrogens with zero attached hydrogens (tertiary/aromatic N) is 2. The zero-order valence-electron chi connectivity index (χ0n) is 29.1. The first kappa shape index (κ1) is 32.9. The van der Waals surface area contributed by atoms with Crippen molar-refractivity contribution in [1.82, 2.24) is 9.97 Å². The fourth-order valence-corrected chi connectivity index (χ4v) is 11.2. The van der Waals surface area contributed by atoms with Crippen molar-refractivity contribution in [3.8, 4) is 22.5 Å². The molecular formula is C43H38GeIrN2S-2. The minimum Gasteiger partial charge on any atom is -0.305 e. The topological polar surface area (TPSA) is 25.8 Å². The Morgan fingerprint density at radius 1 is 0.708 bits per heavy atom. The molecule has 0 saturated carbocycles. The van der Waals surface area contributed by atoms with E-state index in [1.165, 1.54) is 51.7 Å². The third kappa shape index (κ3) is 6.77. The van der Waals surface area contributed by atoms with Gasteiger partial charge in [0.15, 0.2) is 0 Å². The second-order valence-corrected chi connectivity index (χ2v) is 25.0. The Hall–Kier alpha value is -3.67. The van der Waals surface area contributed by atoms with E-state index in [9.17, 15) is 0 Å². The van der Waals surface area contributed by atoms with Gasteiger partial charge in [0.05, 0.1) is 0 Å². The number of benzene rings is 5. The summed E-state index contributed by atoms with van der Waals surface area (Å²) in [6.45, 7) is 6.01. The number of aromatic nitrogens is 2. The number of hydrogen-bond acceptors (Lipinski definition) is 3. The van der Waals surface area contributed by atoms with Gasteiger partial charge in [-0.2, -0.15) is 11.3 Å². The minimum atomic E-state index is -1.77. The standard InChI is InChI=1S/C28H20NS.C15H18GeN.Ir/c1-17(2)18-12-13-29-26(16-18)24-9-5-8-22-23-11-10-21-14-19-6-3-4-7-20(19)15-25(21)28(23)30-27(22)24;1-12-10-15(13-8-6-5-7-9-13)17-11-14(12)16(2,3)4;/h3-8,10-17H,1-2H3;5-8,10-11H,1-4H3;/q2*-1;/i17D;;. The van der Waals surface area contributed by atoms with Crippen LogP contribution in [0.4, 0.5) is 0 Å². The number of thiophene rings is 1. The number of fused-ring (bicyclic) bond motifs is 6. The molecule has 0 fully saturated rings. The Labute approximate surface area is 305 Å². The van der Waals surface area contributed by atoms with Crippen LogP contribution in [0.25, 0.3) is 64.2 Å². The molecule has 0 aliphatic carbocycles. The molecule has 0 aliphatic rings. The van der Waals surface area contributed by atoms with Crippen LogP contribution in [0.15, 0.2) is 116 Å². The van der Waals surface area contributed by atoms with Crippen LogP contribution < -0.4 is 4.40 Å². The Balaban J connectivity index is 0.000000198. The number of aryl methyl sites for hydroxylation is 1. The Kier molecular flexibility index (Phi) is 9.62. The average Bonchev–Trinajstić information content (AvgIpc) is 3.47. The first-order valence-corrected chi connectivity index (χ1v) is 24.2. The molecule has 0 saturated heterocycles. The SMILES string of the molecule is Cc1cc(-c2[c-]cccc2)nc[c]1[Ge]([CH3])([CH3])[CH3].[2H]C(C)(C)c1ccnc(-c2[c-]ccc3c2sc2c4cc5ccccc5cc4ccc32)c1.[Ir]. The van der Waals surface area contributed by atoms with E-state index in [-0.39, 0.29) is 20.1 Å². The quantitative estimate of drug-likeness (QED) is 0.1000. The van der Waals surface area contributed by atoms with Gasteiger partial charge in [0.2, 0.25) is 0 Å². The average molecular weight is 881 g/mol. The first-order chi connectivity index (χ1) is 23.0. The molecule has 3 aromatic heterocycles. The Morgan fingerprint density at radius 3 is 2.17 bits per heavy atom. The minimum absolute atomic E-state index is 0. The summed E-state index contributed by atoms with van der Waals surface area (Å²) >= 11 is 0.0438. The molecule has 5 aromatic carbocycles. The van der Waals surface area contributed by atoms with Gasteiger partial charge < -0.3 is 4.98 Å². The fourth-order valence-electron chi connectivity index (χ4n) is 6.32. The van der Waals surface area contributed by atoms with E-state index < -0.39 is 19.2 Å². The van der Waals surface area contributed by atoms with Gasteiger partial charge in [-0.05, 0) is 61.4 Å². The van der Waals surface area contributed by atoms with Gasteiger partial charge in [0.1, 0.15) is 0 Å². The van der Waals surface area contributed by atoms with Gasteiger partial charge >= 0.3 is 106 Å². The molecule has 1 radical (unpaired) electrons. The first-order valence-electron chi connectivity index (χ1n) is 16.6. The van der Waals surface area contributed by atoms with Gasteiger partial charge in [-0.15, -0.1) is 23.8 Å². The van der Waals surface area contributed by atoms with E-state index in [0.29, 0.717) is 0 Å². The van der Waals surface area contributed by atoms with Crippen molar-refractivity contribution in [3.05, 3.63) is 139 Å². The van der Waals surface area contributed by atoms with E-state index in [4.69, 9.17) is 1.37 Å². The smallest absolute Gasteiger partial charge is 0.0346 e. The molecule has 0 unspecified atom stereocenters. The van der Waals surface area contributed by atoms with Gasteiger partial charge in [0, 0.05) is 32.4 Å². The van der Waals surface area contributed by atoms with Crippen LogP contribution in [0.5, 0.6) is 0 Å². The summed E-state index contributed by atoms with van der Waals surface area (Å²) in [5, 5.41) is 7.59. The summed E-state index contributed by atoms with van der Waals surface area (Å²) in [5.41, 5.74) is 6.33. The summed E-state index contributed by atoms with van der Waals surface area (Å²) in [4.78, 5) is 9.23. The molecule has 0 spiro atoms. The maximum atomic E-state index is 8.40. The molecule has 48 heavy (non-hydrogen) atoms. The van der Waals surface area contributed by atoms with Crippen LogP contribution in [0.1, 0.15) is 32.2 Å². The number of pyridine rings is 2. The summed E-state index contributed by atoms with van der Waals surface area (Å²) < 4.78 is 12.4. The molecule has 8 rings (SSSR count). The van der Waals surface area contributed by atoms with E-state index in [0.717, 1.165) is 28.1 Å². The third-order valence-corrected chi connectivity index (χ3v) is 14.5. The number of rotatable bonds is 4. The van der Waals surface area contributed by atoms with Crippen LogP contribution in [-0.4, -0.2) is 23.2 Å². The van der Waals surface area contributed by atoms with Gasteiger partial charge in [-0.25, -0.2) is 0 Å². The van der Waals surface area contributed by atoms with E-state index >= 15 is 0 Å². The van der Waals surface area contributed by atoms with Crippen LogP contribution in [0.3, 0.4) is 0 Å². The monoisotopic (exact) mass is 882 g/mol. The van der Waals surface area contributed by atoms with Crippen molar-refractivity contribution < 1.29 is 21.5 Å². The Bertz CT molecular complexity index is 2440. The van der Waals surface area contributed by atoms with Gasteiger partial charge in [-0.3, -0.25) is 0 Å². The zero-order chi connectivity index (χ0) is 33.6. The molecule has 0 aliphatic heterocycles. The van der Waals surface area contributed by atoms with Crippen molar-refractivity contribution in [3.63, 3.8) is 0 Å². The molecule has 0 amide bonds. The van der Waals surface area contributed by atoms with Crippen molar-refractivity contribution >= 4 is 70.7 Å².